The Morgan fingerprint density at radius 3 is 2.62 bits per heavy atom. The molecule has 24 heavy (non-hydrogen) atoms. The summed E-state index contributed by atoms with van der Waals surface area (Å²) in [5.41, 5.74) is 0. The zero-order valence-electron chi connectivity index (χ0n) is 13.6. The number of likely N-dealkylation sites (tertiary alicyclic amines) is 1. The molecule has 0 unspecified atom stereocenters. The van der Waals surface area contributed by atoms with Crippen molar-refractivity contribution in [1.82, 2.24) is 20.4 Å². The second kappa shape index (κ2) is 8.66. The Hall–Kier alpha value is -1.35. The van der Waals surface area contributed by atoms with Crippen LogP contribution in [0.15, 0.2) is 4.34 Å². The van der Waals surface area contributed by atoms with Crippen LogP contribution in [0.2, 0.25) is 0 Å². The standard InChI is InChI=1S/C15H23N5O2S2/c21-12(20-8-4-5-9-20)10-23-15-19-18-14(24-15)17-13(22)16-11-6-2-1-3-7-11/h11H,1-10H2,(H2,16,17,18,22). The number of aromatic nitrogens is 2. The highest BCUT2D eigenvalue weighted by atomic mass is 32.2. The van der Waals surface area contributed by atoms with Crippen LogP contribution < -0.4 is 10.6 Å². The average molecular weight is 370 g/mol. The van der Waals surface area contributed by atoms with Crippen molar-refractivity contribution in [3.05, 3.63) is 0 Å². The molecule has 0 aromatic carbocycles. The molecule has 1 saturated heterocycles. The summed E-state index contributed by atoms with van der Waals surface area (Å²) in [6.07, 6.45) is 7.89. The van der Waals surface area contributed by atoms with Crippen LogP contribution >= 0.6 is 23.1 Å². The van der Waals surface area contributed by atoms with Gasteiger partial charge in [0.15, 0.2) is 4.34 Å². The van der Waals surface area contributed by atoms with E-state index < -0.39 is 0 Å². The number of anilines is 1. The van der Waals surface area contributed by atoms with Gasteiger partial charge in [0, 0.05) is 19.1 Å². The summed E-state index contributed by atoms with van der Waals surface area (Å²) in [5.74, 6) is 0.528. The summed E-state index contributed by atoms with van der Waals surface area (Å²) in [6.45, 7) is 1.73. The summed E-state index contributed by atoms with van der Waals surface area (Å²) in [7, 11) is 0. The van der Waals surface area contributed by atoms with Gasteiger partial charge in [-0.2, -0.15) is 0 Å². The molecule has 1 saturated carbocycles. The van der Waals surface area contributed by atoms with Crippen LogP contribution in [0.1, 0.15) is 44.9 Å². The first-order chi connectivity index (χ1) is 11.7. The van der Waals surface area contributed by atoms with E-state index in [1.807, 2.05) is 4.90 Å². The van der Waals surface area contributed by atoms with Crippen LogP contribution in [0.3, 0.4) is 0 Å². The maximum Gasteiger partial charge on any atom is 0.321 e. The van der Waals surface area contributed by atoms with Crippen molar-refractivity contribution in [2.75, 3.05) is 24.2 Å². The molecule has 2 N–H and O–H groups in total. The fourth-order valence-corrected chi connectivity index (χ4v) is 4.72. The van der Waals surface area contributed by atoms with Crippen molar-refractivity contribution in [3.63, 3.8) is 0 Å². The fraction of sp³-hybridized carbons (Fsp3) is 0.733. The average Bonchev–Trinajstić information content (AvgIpc) is 3.25. The second-order valence-corrected chi connectivity index (χ2v) is 8.38. The topological polar surface area (TPSA) is 87.2 Å². The lowest BCUT2D eigenvalue weighted by molar-refractivity contribution is -0.127. The van der Waals surface area contributed by atoms with Crippen LogP contribution in [-0.4, -0.2) is 51.9 Å². The Labute approximate surface area is 150 Å². The van der Waals surface area contributed by atoms with E-state index in [1.165, 1.54) is 42.4 Å². The summed E-state index contributed by atoms with van der Waals surface area (Å²) in [6, 6.07) is 0.0429. The van der Waals surface area contributed by atoms with E-state index in [4.69, 9.17) is 0 Å². The van der Waals surface area contributed by atoms with E-state index in [0.717, 1.165) is 38.8 Å². The molecule has 1 aliphatic carbocycles. The lowest BCUT2D eigenvalue weighted by Gasteiger charge is -2.22. The number of urea groups is 1. The van der Waals surface area contributed by atoms with Gasteiger partial charge in [-0.05, 0) is 25.7 Å². The zero-order valence-corrected chi connectivity index (χ0v) is 15.3. The van der Waals surface area contributed by atoms with Crippen molar-refractivity contribution >= 4 is 40.2 Å². The number of nitrogens with one attached hydrogen (secondary N) is 2. The molecular weight excluding hydrogens is 346 g/mol. The summed E-state index contributed by atoms with van der Waals surface area (Å²) >= 11 is 2.69. The number of carbonyl (C=O) groups is 2. The molecule has 1 aromatic rings. The van der Waals surface area contributed by atoms with Crippen molar-refractivity contribution in [2.45, 2.75) is 55.3 Å². The number of thioether (sulfide) groups is 1. The Bertz CT molecular complexity index is 568. The molecule has 7 nitrogen and oxygen atoms in total. The molecule has 0 spiro atoms. The first-order valence-corrected chi connectivity index (χ1v) is 10.3. The van der Waals surface area contributed by atoms with Crippen LogP contribution in [-0.2, 0) is 4.79 Å². The van der Waals surface area contributed by atoms with E-state index >= 15 is 0 Å². The zero-order chi connectivity index (χ0) is 16.8. The molecule has 1 aromatic heterocycles. The van der Waals surface area contributed by atoms with Crippen molar-refractivity contribution in [1.29, 1.82) is 0 Å². The van der Waals surface area contributed by atoms with Crippen molar-refractivity contribution in [3.8, 4) is 0 Å². The predicted octanol–water partition coefficient (Wildman–Crippen LogP) is 2.71. The van der Waals surface area contributed by atoms with E-state index in [2.05, 4.69) is 20.8 Å². The second-order valence-electron chi connectivity index (χ2n) is 6.18. The summed E-state index contributed by atoms with van der Waals surface area (Å²) in [4.78, 5) is 25.9. The number of hydrogen-bond acceptors (Lipinski definition) is 6. The first-order valence-electron chi connectivity index (χ1n) is 8.52. The van der Waals surface area contributed by atoms with Crippen LogP contribution in [0.4, 0.5) is 9.93 Å². The van der Waals surface area contributed by atoms with Gasteiger partial charge in [-0.15, -0.1) is 10.2 Å². The quantitative estimate of drug-likeness (QED) is 0.615. The van der Waals surface area contributed by atoms with Gasteiger partial charge in [0.05, 0.1) is 5.75 Å². The van der Waals surface area contributed by atoms with Gasteiger partial charge in [0.2, 0.25) is 11.0 Å². The van der Waals surface area contributed by atoms with Crippen molar-refractivity contribution in [2.24, 2.45) is 0 Å². The summed E-state index contributed by atoms with van der Waals surface area (Å²) in [5, 5.41) is 14.2. The van der Waals surface area contributed by atoms with Gasteiger partial charge in [0.1, 0.15) is 0 Å². The molecule has 9 heteroatoms. The molecular formula is C15H23N5O2S2. The van der Waals surface area contributed by atoms with Crippen LogP contribution in [0, 0.1) is 0 Å². The van der Waals surface area contributed by atoms with E-state index in [0.29, 0.717) is 15.2 Å². The van der Waals surface area contributed by atoms with Gasteiger partial charge in [-0.3, -0.25) is 10.1 Å². The molecule has 0 radical (unpaired) electrons. The largest absolute Gasteiger partial charge is 0.342 e. The molecule has 132 valence electrons. The third-order valence-electron chi connectivity index (χ3n) is 4.35. The molecule has 1 aliphatic heterocycles. The molecule has 3 rings (SSSR count). The third-order valence-corrected chi connectivity index (χ3v) is 6.30. The summed E-state index contributed by atoms with van der Waals surface area (Å²) < 4.78 is 0.704. The highest BCUT2D eigenvalue weighted by molar-refractivity contribution is 8.01. The molecule has 0 bridgehead atoms. The maximum atomic E-state index is 12.0. The molecule has 0 atom stereocenters. The number of carbonyl (C=O) groups excluding carboxylic acids is 2. The predicted molar refractivity (Wildman–Crippen MR) is 95.5 cm³/mol. The van der Waals surface area contributed by atoms with Crippen molar-refractivity contribution < 1.29 is 9.59 Å². The van der Waals surface area contributed by atoms with Crippen LogP contribution in [0.25, 0.3) is 0 Å². The number of rotatable bonds is 5. The van der Waals surface area contributed by atoms with Crippen LogP contribution in [0.5, 0.6) is 0 Å². The lowest BCUT2D eigenvalue weighted by atomic mass is 9.96. The Morgan fingerprint density at radius 2 is 1.88 bits per heavy atom. The Morgan fingerprint density at radius 1 is 1.12 bits per heavy atom. The Balaban J connectivity index is 1.41. The minimum Gasteiger partial charge on any atom is -0.342 e. The molecule has 2 fully saturated rings. The van der Waals surface area contributed by atoms with E-state index in [9.17, 15) is 9.59 Å². The molecule has 2 heterocycles. The van der Waals surface area contributed by atoms with Gasteiger partial charge < -0.3 is 10.2 Å². The minimum atomic E-state index is -0.220. The van der Waals surface area contributed by atoms with E-state index in [1.54, 1.807) is 0 Å². The third kappa shape index (κ3) is 5.07. The monoisotopic (exact) mass is 369 g/mol. The lowest BCUT2D eigenvalue weighted by Crippen LogP contribution is -2.38. The molecule has 3 amide bonds. The SMILES string of the molecule is O=C(Nc1nnc(SCC(=O)N2CCCC2)s1)NC1CCCCC1. The van der Waals surface area contributed by atoms with Gasteiger partial charge in [0.25, 0.3) is 0 Å². The Kier molecular flexibility index (Phi) is 6.30. The number of amides is 3. The van der Waals surface area contributed by atoms with Gasteiger partial charge in [-0.25, -0.2) is 4.79 Å². The first kappa shape index (κ1) is 17.5. The van der Waals surface area contributed by atoms with Gasteiger partial charge in [-0.1, -0.05) is 42.4 Å². The maximum absolute atomic E-state index is 12.0. The highest BCUT2D eigenvalue weighted by Crippen LogP contribution is 2.26. The highest BCUT2D eigenvalue weighted by Gasteiger charge is 2.19. The fourth-order valence-electron chi connectivity index (χ4n) is 3.07. The number of hydrogen-bond donors (Lipinski definition) is 2. The smallest absolute Gasteiger partial charge is 0.321 e. The van der Waals surface area contributed by atoms with Gasteiger partial charge >= 0.3 is 6.03 Å². The van der Waals surface area contributed by atoms with E-state index in [-0.39, 0.29) is 18.0 Å². The normalized spacial score (nSPS) is 18.6. The molecule has 2 aliphatic rings. The minimum absolute atomic E-state index is 0.150. The number of nitrogens with zero attached hydrogens (tertiary/aromatic N) is 3.